The minimum atomic E-state index is -1.03. The average Bonchev–Trinajstić information content (AvgIpc) is 2.70. The number of aryl methyl sites for hydroxylation is 2. The van der Waals surface area contributed by atoms with Crippen molar-refractivity contribution >= 4 is 5.97 Å². The molecular weight excluding hydrogens is 206 g/mol. The van der Waals surface area contributed by atoms with E-state index in [0.29, 0.717) is 0 Å². The largest absolute Gasteiger partial charge is 0.476 e. The molecule has 0 aliphatic carbocycles. The van der Waals surface area contributed by atoms with Gasteiger partial charge in [0.05, 0.1) is 11.4 Å². The van der Waals surface area contributed by atoms with Crippen LogP contribution >= 0.6 is 0 Å². The summed E-state index contributed by atoms with van der Waals surface area (Å²) in [7, 11) is 0. The van der Waals surface area contributed by atoms with E-state index in [1.165, 1.54) is 10.7 Å². The molecule has 0 aliphatic rings. The number of carboxylic acids is 1. The van der Waals surface area contributed by atoms with Gasteiger partial charge in [0.25, 0.3) is 0 Å². The molecule has 0 fully saturated rings. The van der Waals surface area contributed by atoms with Crippen LogP contribution in [-0.4, -0.2) is 25.8 Å². The molecule has 5 nitrogen and oxygen atoms in total. The van der Waals surface area contributed by atoms with E-state index in [1.807, 2.05) is 19.9 Å². The molecule has 5 heteroatoms. The van der Waals surface area contributed by atoms with Crippen molar-refractivity contribution in [3.63, 3.8) is 0 Å². The molecule has 0 unspecified atom stereocenters. The van der Waals surface area contributed by atoms with E-state index < -0.39 is 5.97 Å². The van der Waals surface area contributed by atoms with E-state index in [9.17, 15) is 4.79 Å². The number of carboxylic acid groups (broad SMARTS) is 1. The minimum absolute atomic E-state index is 0.0286. The van der Waals surface area contributed by atoms with Gasteiger partial charge < -0.3 is 5.11 Å². The first-order chi connectivity index (χ1) is 7.58. The Morgan fingerprint density at radius 2 is 2.19 bits per heavy atom. The second-order valence-electron chi connectivity index (χ2n) is 3.57. The Balaban J connectivity index is 2.50. The lowest BCUT2D eigenvalue weighted by Gasteiger charge is -2.05. The first kappa shape index (κ1) is 10.4. The van der Waals surface area contributed by atoms with Gasteiger partial charge in [-0.2, -0.15) is 5.10 Å². The van der Waals surface area contributed by atoms with Gasteiger partial charge in [0, 0.05) is 12.4 Å². The Labute approximate surface area is 92.4 Å². The van der Waals surface area contributed by atoms with Gasteiger partial charge in [-0.25, -0.2) is 9.48 Å². The third-order valence-corrected chi connectivity index (χ3v) is 2.25. The fourth-order valence-corrected chi connectivity index (χ4v) is 1.43. The third-order valence-electron chi connectivity index (χ3n) is 2.25. The Morgan fingerprint density at radius 1 is 1.44 bits per heavy atom. The van der Waals surface area contributed by atoms with Crippen molar-refractivity contribution in [1.82, 2.24) is 14.8 Å². The van der Waals surface area contributed by atoms with Crippen LogP contribution in [0.2, 0.25) is 0 Å². The summed E-state index contributed by atoms with van der Waals surface area (Å²) < 4.78 is 1.53. The summed E-state index contributed by atoms with van der Waals surface area (Å²) in [5, 5.41) is 12.7. The van der Waals surface area contributed by atoms with Gasteiger partial charge in [0.15, 0.2) is 5.69 Å². The average molecular weight is 217 g/mol. The van der Waals surface area contributed by atoms with Crippen LogP contribution in [0.25, 0.3) is 5.69 Å². The van der Waals surface area contributed by atoms with Crippen molar-refractivity contribution in [1.29, 1.82) is 0 Å². The highest BCUT2D eigenvalue weighted by molar-refractivity contribution is 5.85. The molecule has 0 saturated heterocycles. The molecule has 0 amide bonds. The van der Waals surface area contributed by atoms with E-state index in [0.717, 1.165) is 16.9 Å². The van der Waals surface area contributed by atoms with Crippen LogP contribution in [0.3, 0.4) is 0 Å². The fourth-order valence-electron chi connectivity index (χ4n) is 1.43. The summed E-state index contributed by atoms with van der Waals surface area (Å²) in [4.78, 5) is 14.9. The van der Waals surface area contributed by atoms with Crippen LogP contribution in [0, 0.1) is 13.8 Å². The van der Waals surface area contributed by atoms with Gasteiger partial charge in [-0.1, -0.05) is 0 Å². The van der Waals surface area contributed by atoms with Gasteiger partial charge in [-0.3, -0.25) is 4.98 Å². The maximum atomic E-state index is 10.7. The third kappa shape index (κ3) is 1.79. The highest BCUT2D eigenvalue weighted by atomic mass is 16.4. The zero-order valence-electron chi connectivity index (χ0n) is 9.01. The SMILES string of the molecule is Cc1cnc(C)c(-n2ccc(C(=O)O)n2)c1. The first-order valence-corrected chi connectivity index (χ1v) is 4.80. The molecule has 2 heterocycles. The van der Waals surface area contributed by atoms with E-state index in [-0.39, 0.29) is 5.69 Å². The summed E-state index contributed by atoms with van der Waals surface area (Å²) in [6.07, 6.45) is 3.38. The molecule has 0 saturated carbocycles. The van der Waals surface area contributed by atoms with E-state index >= 15 is 0 Å². The number of carbonyl (C=O) groups is 1. The lowest BCUT2D eigenvalue weighted by Crippen LogP contribution is -2.03. The minimum Gasteiger partial charge on any atom is -0.476 e. The van der Waals surface area contributed by atoms with Crippen molar-refractivity contribution in [2.45, 2.75) is 13.8 Å². The van der Waals surface area contributed by atoms with Gasteiger partial charge in [-0.05, 0) is 31.5 Å². The number of nitrogens with zero attached hydrogens (tertiary/aromatic N) is 3. The second-order valence-corrected chi connectivity index (χ2v) is 3.57. The van der Waals surface area contributed by atoms with Gasteiger partial charge in [0.1, 0.15) is 0 Å². The highest BCUT2D eigenvalue weighted by Crippen LogP contribution is 2.12. The second kappa shape index (κ2) is 3.77. The maximum Gasteiger partial charge on any atom is 0.356 e. The topological polar surface area (TPSA) is 68.0 Å². The zero-order chi connectivity index (χ0) is 11.7. The summed E-state index contributed by atoms with van der Waals surface area (Å²) >= 11 is 0. The molecule has 0 radical (unpaired) electrons. The van der Waals surface area contributed by atoms with Gasteiger partial charge in [-0.15, -0.1) is 0 Å². The maximum absolute atomic E-state index is 10.7. The quantitative estimate of drug-likeness (QED) is 0.829. The number of hydrogen-bond donors (Lipinski definition) is 1. The van der Waals surface area contributed by atoms with Crippen LogP contribution in [-0.2, 0) is 0 Å². The summed E-state index contributed by atoms with van der Waals surface area (Å²) in [5.41, 5.74) is 2.65. The summed E-state index contributed by atoms with van der Waals surface area (Å²) in [5.74, 6) is -1.03. The Bertz CT molecular complexity index is 546. The summed E-state index contributed by atoms with van der Waals surface area (Å²) in [6, 6.07) is 3.38. The van der Waals surface area contributed by atoms with Crippen LogP contribution in [0.15, 0.2) is 24.5 Å². The van der Waals surface area contributed by atoms with Crippen molar-refractivity contribution in [3.8, 4) is 5.69 Å². The molecule has 16 heavy (non-hydrogen) atoms. The Morgan fingerprint density at radius 3 is 2.81 bits per heavy atom. The smallest absolute Gasteiger partial charge is 0.356 e. The van der Waals surface area contributed by atoms with Crippen molar-refractivity contribution in [3.05, 3.63) is 41.5 Å². The standard InChI is InChI=1S/C11H11N3O2/c1-7-5-10(8(2)12-6-7)14-4-3-9(13-14)11(15)16/h3-6H,1-2H3,(H,15,16). The number of aromatic nitrogens is 3. The van der Waals surface area contributed by atoms with Crippen LogP contribution in [0.4, 0.5) is 0 Å². The van der Waals surface area contributed by atoms with E-state index in [2.05, 4.69) is 10.1 Å². The zero-order valence-corrected chi connectivity index (χ0v) is 9.01. The fraction of sp³-hybridized carbons (Fsp3) is 0.182. The van der Waals surface area contributed by atoms with Crippen LogP contribution < -0.4 is 0 Å². The predicted molar refractivity (Wildman–Crippen MR) is 57.8 cm³/mol. The number of pyridine rings is 1. The van der Waals surface area contributed by atoms with Gasteiger partial charge >= 0.3 is 5.97 Å². The number of hydrogen-bond acceptors (Lipinski definition) is 3. The molecule has 2 aromatic heterocycles. The molecule has 0 aliphatic heterocycles. The highest BCUT2D eigenvalue weighted by Gasteiger charge is 2.09. The normalized spacial score (nSPS) is 10.4. The Hall–Kier alpha value is -2.17. The van der Waals surface area contributed by atoms with E-state index in [1.54, 1.807) is 12.4 Å². The molecule has 82 valence electrons. The van der Waals surface area contributed by atoms with Crippen molar-refractivity contribution < 1.29 is 9.90 Å². The van der Waals surface area contributed by atoms with Crippen molar-refractivity contribution in [2.75, 3.05) is 0 Å². The molecular formula is C11H11N3O2. The molecule has 2 aromatic rings. The van der Waals surface area contributed by atoms with Crippen LogP contribution in [0.5, 0.6) is 0 Å². The molecule has 0 spiro atoms. The number of rotatable bonds is 2. The molecule has 0 bridgehead atoms. The first-order valence-electron chi connectivity index (χ1n) is 4.80. The molecule has 0 aromatic carbocycles. The lowest BCUT2D eigenvalue weighted by atomic mass is 10.2. The van der Waals surface area contributed by atoms with Crippen LogP contribution in [0.1, 0.15) is 21.7 Å². The van der Waals surface area contributed by atoms with Crippen molar-refractivity contribution in [2.24, 2.45) is 0 Å². The predicted octanol–water partition coefficient (Wildman–Crippen LogP) is 1.58. The molecule has 0 atom stereocenters. The van der Waals surface area contributed by atoms with Gasteiger partial charge in [0.2, 0.25) is 0 Å². The molecule has 1 N–H and O–H groups in total. The van der Waals surface area contributed by atoms with E-state index in [4.69, 9.17) is 5.11 Å². The number of aromatic carboxylic acids is 1. The monoisotopic (exact) mass is 217 g/mol. The Kier molecular flexibility index (Phi) is 2.44. The summed E-state index contributed by atoms with van der Waals surface area (Å²) in [6.45, 7) is 3.79. The molecule has 2 rings (SSSR count). The lowest BCUT2D eigenvalue weighted by molar-refractivity contribution is 0.0690.